The van der Waals surface area contributed by atoms with Crippen LogP contribution in [0.25, 0.3) is 16.9 Å². The smallest absolute Gasteiger partial charge is 0.254 e. The molecule has 0 radical (unpaired) electrons. The molecule has 6 nitrogen and oxygen atoms in total. The van der Waals surface area contributed by atoms with Gasteiger partial charge in [0.2, 0.25) is 5.91 Å². The van der Waals surface area contributed by atoms with Gasteiger partial charge in [0.1, 0.15) is 18.2 Å². The summed E-state index contributed by atoms with van der Waals surface area (Å²) in [7, 11) is 0. The molecule has 0 aliphatic rings. The van der Waals surface area contributed by atoms with Crippen LogP contribution in [0.3, 0.4) is 0 Å². The van der Waals surface area contributed by atoms with Crippen molar-refractivity contribution in [3.63, 3.8) is 0 Å². The van der Waals surface area contributed by atoms with E-state index in [1.54, 1.807) is 4.68 Å². The van der Waals surface area contributed by atoms with Crippen molar-refractivity contribution in [3.8, 4) is 16.9 Å². The van der Waals surface area contributed by atoms with Crippen molar-refractivity contribution in [1.29, 1.82) is 0 Å². The summed E-state index contributed by atoms with van der Waals surface area (Å²) in [4.78, 5) is 27.9. The minimum absolute atomic E-state index is 0.141. The van der Waals surface area contributed by atoms with Gasteiger partial charge in [0.05, 0.1) is 11.4 Å². The fourth-order valence-electron chi connectivity index (χ4n) is 4.24. The molecule has 2 amide bonds. The van der Waals surface area contributed by atoms with Crippen LogP contribution in [0.2, 0.25) is 0 Å². The molecule has 37 heavy (non-hydrogen) atoms. The van der Waals surface area contributed by atoms with E-state index in [1.165, 1.54) is 29.2 Å². The Morgan fingerprint density at radius 2 is 1.68 bits per heavy atom. The highest BCUT2D eigenvalue weighted by Gasteiger charge is 2.22. The lowest BCUT2D eigenvalue weighted by atomic mass is 10.1. The molecular weight excluding hydrogens is 467 g/mol. The molecule has 1 aromatic heterocycles. The number of nitrogens with one attached hydrogen (secondary N) is 1. The summed E-state index contributed by atoms with van der Waals surface area (Å²) in [5.41, 5.74) is 4.98. The van der Waals surface area contributed by atoms with E-state index in [0.29, 0.717) is 17.9 Å². The summed E-state index contributed by atoms with van der Waals surface area (Å²) in [6.45, 7) is 8.22. The Labute approximate surface area is 216 Å². The van der Waals surface area contributed by atoms with Gasteiger partial charge in [0, 0.05) is 23.7 Å². The van der Waals surface area contributed by atoms with Gasteiger partial charge in [-0.2, -0.15) is 5.10 Å². The third-order valence-corrected chi connectivity index (χ3v) is 5.93. The maximum Gasteiger partial charge on any atom is 0.254 e. The largest absolute Gasteiger partial charge is 0.329 e. The lowest BCUT2D eigenvalue weighted by Crippen LogP contribution is -2.40. The molecule has 0 saturated carbocycles. The second-order valence-electron chi connectivity index (χ2n) is 9.62. The predicted octanol–water partition coefficient (Wildman–Crippen LogP) is 6.03. The number of nitrogens with zero attached hydrogens (tertiary/aromatic N) is 3. The molecule has 0 aliphatic carbocycles. The number of carbonyl (C=O) groups is 2. The van der Waals surface area contributed by atoms with E-state index in [2.05, 4.69) is 11.4 Å². The third-order valence-electron chi connectivity index (χ3n) is 5.93. The Morgan fingerprint density at radius 3 is 2.32 bits per heavy atom. The number of amides is 2. The fraction of sp³-hybridized carbons (Fsp3) is 0.233. The monoisotopic (exact) mass is 498 g/mol. The molecule has 4 aromatic rings. The van der Waals surface area contributed by atoms with Crippen molar-refractivity contribution in [2.24, 2.45) is 5.92 Å². The summed E-state index contributed by atoms with van der Waals surface area (Å²) in [6, 6.07) is 23.0. The molecule has 7 heteroatoms. The fourth-order valence-corrected chi connectivity index (χ4v) is 4.24. The van der Waals surface area contributed by atoms with E-state index >= 15 is 0 Å². The van der Waals surface area contributed by atoms with E-state index in [9.17, 15) is 14.0 Å². The first-order valence-corrected chi connectivity index (χ1v) is 12.3. The number of rotatable bonds is 8. The Bertz CT molecular complexity index is 1400. The van der Waals surface area contributed by atoms with E-state index < -0.39 is 5.82 Å². The van der Waals surface area contributed by atoms with Gasteiger partial charge in [-0.1, -0.05) is 61.9 Å². The van der Waals surface area contributed by atoms with Crippen LogP contribution in [-0.4, -0.2) is 39.6 Å². The van der Waals surface area contributed by atoms with E-state index in [4.69, 9.17) is 5.10 Å². The predicted molar refractivity (Wildman–Crippen MR) is 144 cm³/mol. The number of aryl methyl sites for hydroxylation is 2. The van der Waals surface area contributed by atoms with Crippen LogP contribution in [0.15, 0.2) is 78.9 Å². The van der Waals surface area contributed by atoms with Gasteiger partial charge in [-0.3, -0.25) is 9.59 Å². The van der Waals surface area contributed by atoms with Crippen molar-refractivity contribution in [2.75, 3.05) is 18.4 Å². The third kappa shape index (κ3) is 6.30. The van der Waals surface area contributed by atoms with E-state index in [1.807, 2.05) is 76.2 Å². The first kappa shape index (κ1) is 25.8. The van der Waals surface area contributed by atoms with E-state index in [0.717, 1.165) is 28.1 Å². The molecule has 4 rings (SSSR count). The van der Waals surface area contributed by atoms with Crippen molar-refractivity contribution < 1.29 is 14.0 Å². The molecule has 0 fully saturated rings. The van der Waals surface area contributed by atoms with Crippen LogP contribution in [-0.2, 0) is 4.79 Å². The summed E-state index contributed by atoms with van der Waals surface area (Å²) < 4.78 is 15.1. The first-order valence-electron chi connectivity index (χ1n) is 12.3. The number of hydrogen-bond acceptors (Lipinski definition) is 3. The minimum atomic E-state index is -0.418. The van der Waals surface area contributed by atoms with Gasteiger partial charge in [0.25, 0.3) is 5.91 Å². The van der Waals surface area contributed by atoms with Gasteiger partial charge in [-0.15, -0.1) is 0 Å². The average molecular weight is 499 g/mol. The van der Waals surface area contributed by atoms with Crippen molar-refractivity contribution in [1.82, 2.24) is 14.7 Å². The summed E-state index contributed by atoms with van der Waals surface area (Å²) in [5, 5.41) is 7.77. The lowest BCUT2D eigenvalue weighted by Gasteiger charge is -2.24. The summed E-state index contributed by atoms with van der Waals surface area (Å²) in [5.74, 6) is -0.436. The molecular formula is C30H31FN4O2. The number of halogens is 1. The quantitative estimate of drug-likeness (QED) is 0.322. The average Bonchev–Trinajstić information content (AvgIpc) is 3.27. The second kappa shape index (κ2) is 11.2. The number of aromatic nitrogens is 2. The highest BCUT2D eigenvalue weighted by Crippen LogP contribution is 2.26. The van der Waals surface area contributed by atoms with Gasteiger partial charge >= 0.3 is 0 Å². The Kier molecular flexibility index (Phi) is 7.82. The van der Waals surface area contributed by atoms with E-state index in [-0.39, 0.29) is 24.3 Å². The number of anilines is 1. The zero-order chi connectivity index (χ0) is 26.5. The molecule has 190 valence electrons. The van der Waals surface area contributed by atoms with Crippen LogP contribution in [0.5, 0.6) is 0 Å². The zero-order valence-corrected chi connectivity index (χ0v) is 21.5. The molecule has 0 saturated heterocycles. The molecule has 0 atom stereocenters. The lowest BCUT2D eigenvalue weighted by molar-refractivity contribution is -0.117. The second-order valence-corrected chi connectivity index (χ2v) is 9.62. The molecule has 0 spiro atoms. The Morgan fingerprint density at radius 1 is 0.973 bits per heavy atom. The summed E-state index contributed by atoms with van der Waals surface area (Å²) in [6.07, 6.45) is 0. The van der Waals surface area contributed by atoms with Crippen LogP contribution in [0, 0.1) is 25.6 Å². The SMILES string of the molecule is Cc1ccc(-n2nc(-c3ccccc3)cc2NC(=O)CN(CC(C)C)C(=O)c2ccc(F)cc2)c(C)c1. The van der Waals surface area contributed by atoms with Gasteiger partial charge < -0.3 is 10.2 Å². The van der Waals surface area contributed by atoms with Crippen molar-refractivity contribution in [3.05, 3.63) is 101 Å². The van der Waals surface area contributed by atoms with Crippen molar-refractivity contribution >= 4 is 17.6 Å². The van der Waals surface area contributed by atoms with Gasteiger partial charge in [-0.05, 0) is 55.7 Å². The molecule has 1 heterocycles. The number of hydrogen-bond donors (Lipinski definition) is 1. The number of carbonyl (C=O) groups excluding carboxylic acids is 2. The standard InChI is InChI=1S/C30H31FN4O2/c1-20(2)18-34(30(37)24-11-13-25(31)14-12-24)19-29(36)32-28-17-26(23-8-6-5-7-9-23)33-35(28)27-15-10-21(3)16-22(27)4/h5-17,20H,18-19H2,1-4H3,(H,32,36). The number of benzene rings is 3. The van der Waals surface area contributed by atoms with Crippen LogP contribution in [0.1, 0.15) is 35.3 Å². The topological polar surface area (TPSA) is 67.2 Å². The summed E-state index contributed by atoms with van der Waals surface area (Å²) >= 11 is 0. The Hall–Kier alpha value is -4.26. The first-order chi connectivity index (χ1) is 17.7. The molecule has 1 N–H and O–H groups in total. The van der Waals surface area contributed by atoms with Crippen LogP contribution in [0.4, 0.5) is 10.2 Å². The van der Waals surface area contributed by atoms with Crippen LogP contribution >= 0.6 is 0 Å². The highest BCUT2D eigenvalue weighted by molar-refractivity contribution is 5.99. The maximum absolute atomic E-state index is 13.4. The van der Waals surface area contributed by atoms with Crippen LogP contribution < -0.4 is 5.32 Å². The minimum Gasteiger partial charge on any atom is -0.329 e. The molecule has 3 aromatic carbocycles. The van der Waals surface area contributed by atoms with Gasteiger partial charge in [-0.25, -0.2) is 9.07 Å². The van der Waals surface area contributed by atoms with Gasteiger partial charge in [0.15, 0.2) is 0 Å². The Balaban J connectivity index is 1.63. The van der Waals surface area contributed by atoms with Crippen molar-refractivity contribution in [2.45, 2.75) is 27.7 Å². The molecule has 0 unspecified atom stereocenters. The molecule has 0 bridgehead atoms. The molecule has 0 aliphatic heterocycles. The maximum atomic E-state index is 13.4. The zero-order valence-electron chi connectivity index (χ0n) is 21.5. The highest BCUT2D eigenvalue weighted by atomic mass is 19.1. The normalized spacial score (nSPS) is 11.0.